The molecule has 0 aliphatic rings. The Labute approximate surface area is 202 Å². The maximum absolute atomic E-state index is 13.3. The number of hydrogen-bond donors (Lipinski definition) is 1. The van der Waals surface area contributed by atoms with Gasteiger partial charge in [-0.25, -0.2) is 0 Å². The van der Waals surface area contributed by atoms with E-state index in [1.807, 2.05) is 55.5 Å². The van der Waals surface area contributed by atoms with Gasteiger partial charge in [0.25, 0.3) is 11.8 Å². The van der Waals surface area contributed by atoms with Gasteiger partial charge < -0.3 is 15.0 Å². The number of carbonyl (C=O) groups is 2. The van der Waals surface area contributed by atoms with Crippen molar-refractivity contribution in [3.05, 3.63) is 90.0 Å². The molecule has 0 bridgehead atoms. The summed E-state index contributed by atoms with van der Waals surface area (Å²) in [5, 5.41) is 2.90. The minimum Gasteiger partial charge on any atom is -0.494 e. The number of nitrogens with zero attached hydrogens (tertiary/aromatic N) is 1. The van der Waals surface area contributed by atoms with Crippen LogP contribution in [0.4, 0.5) is 11.4 Å². The number of nitrogens with one attached hydrogen (secondary N) is 1. The van der Waals surface area contributed by atoms with Crippen LogP contribution in [0.2, 0.25) is 0 Å². The Morgan fingerprint density at radius 1 is 0.794 bits per heavy atom. The summed E-state index contributed by atoms with van der Waals surface area (Å²) in [5.41, 5.74) is 2.26. The standard InChI is InChI=1S/C29H34N2O3/c1-3-5-6-7-13-22-34-25-20-18-23(19-21-25)28(32)30-27-17-12-11-16-26(27)29(33)31(4-2)24-14-9-8-10-15-24/h8-12,14-21H,3-7,13,22H2,1-2H3,(H,30,32). The molecule has 0 heterocycles. The van der Waals surface area contributed by atoms with E-state index in [2.05, 4.69) is 12.2 Å². The molecule has 3 rings (SSSR count). The summed E-state index contributed by atoms with van der Waals surface area (Å²) in [6, 6.07) is 23.7. The zero-order chi connectivity index (χ0) is 24.2. The number of unbranched alkanes of at least 4 members (excludes halogenated alkanes) is 4. The Morgan fingerprint density at radius 2 is 1.47 bits per heavy atom. The highest BCUT2D eigenvalue weighted by Gasteiger charge is 2.20. The van der Waals surface area contributed by atoms with Gasteiger partial charge in [-0.05, 0) is 61.9 Å². The summed E-state index contributed by atoms with van der Waals surface area (Å²) in [7, 11) is 0. The first-order valence-electron chi connectivity index (χ1n) is 12.1. The van der Waals surface area contributed by atoms with E-state index in [4.69, 9.17) is 4.74 Å². The lowest BCUT2D eigenvalue weighted by Gasteiger charge is -2.22. The number of amides is 2. The molecule has 3 aromatic carbocycles. The largest absolute Gasteiger partial charge is 0.494 e. The first-order valence-corrected chi connectivity index (χ1v) is 12.1. The van der Waals surface area contributed by atoms with Gasteiger partial charge in [0.15, 0.2) is 0 Å². The molecule has 1 N–H and O–H groups in total. The quantitative estimate of drug-likeness (QED) is 0.299. The summed E-state index contributed by atoms with van der Waals surface area (Å²) in [4.78, 5) is 27.9. The average Bonchev–Trinajstić information content (AvgIpc) is 2.88. The molecule has 3 aromatic rings. The van der Waals surface area contributed by atoms with Gasteiger partial charge >= 0.3 is 0 Å². The molecule has 5 heteroatoms. The highest BCUT2D eigenvalue weighted by molar-refractivity contribution is 6.13. The van der Waals surface area contributed by atoms with Gasteiger partial charge in [0.2, 0.25) is 0 Å². The van der Waals surface area contributed by atoms with Crippen LogP contribution in [-0.2, 0) is 0 Å². The van der Waals surface area contributed by atoms with Crippen LogP contribution in [0.15, 0.2) is 78.9 Å². The third kappa shape index (κ3) is 6.95. The van der Waals surface area contributed by atoms with Crippen molar-refractivity contribution < 1.29 is 14.3 Å². The first-order chi connectivity index (χ1) is 16.6. The molecule has 178 valence electrons. The summed E-state index contributed by atoms with van der Waals surface area (Å²) in [5.74, 6) is 0.325. The number of carbonyl (C=O) groups excluding carboxylic acids is 2. The lowest BCUT2D eigenvalue weighted by molar-refractivity contribution is 0.0989. The fourth-order valence-corrected chi connectivity index (χ4v) is 3.77. The van der Waals surface area contributed by atoms with Crippen molar-refractivity contribution >= 4 is 23.2 Å². The van der Waals surface area contributed by atoms with Gasteiger partial charge in [-0.3, -0.25) is 9.59 Å². The van der Waals surface area contributed by atoms with Gasteiger partial charge in [-0.1, -0.05) is 62.9 Å². The molecule has 0 aliphatic heterocycles. The van der Waals surface area contributed by atoms with Gasteiger partial charge in [0, 0.05) is 17.8 Å². The number of benzene rings is 3. The summed E-state index contributed by atoms with van der Waals surface area (Å²) < 4.78 is 5.79. The zero-order valence-electron chi connectivity index (χ0n) is 20.1. The smallest absolute Gasteiger partial charge is 0.260 e. The second-order valence-corrected chi connectivity index (χ2v) is 8.17. The molecule has 0 saturated carbocycles. The Morgan fingerprint density at radius 3 is 2.18 bits per heavy atom. The minimum atomic E-state index is -0.269. The molecular weight excluding hydrogens is 424 g/mol. The second kappa shape index (κ2) is 13.2. The number of ether oxygens (including phenoxy) is 1. The molecule has 2 amide bonds. The highest BCUT2D eigenvalue weighted by Crippen LogP contribution is 2.23. The molecule has 0 spiro atoms. The summed E-state index contributed by atoms with van der Waals surface area (Å²) in [6.45, 7) is 5.33. The monoisotopic (exact) mass is 458 g/mol. The van der Waals surface area contributed by atoms with Crippen LogP contribution in [0.25, 0.3) is 0 Å². The minimum absolute atomic E-state index is 0.160. The van der Waals surface area contributed by atoms with Crippen molar-refractivity contribution in [1.29, 1.82) is 0 Å². The van der Waals surface area contributed by atoms with Gasteiger partial charge in [-0.15, -0.1) is 0 Å². The fourth-order valence-electron chi connectivity index (χ4n) is 3.77. The van der Waals surface area contributed by atoms with Crippen LogP contribution in [0, 0.1) is 0 Å². The topological polar surface area (TPSA) is 58.6 Å². The van der Waals surface area contributed by atoms with Gasteiger partial charge in [0.05, 0.1) is 17.9 Å². The molecular formula is C29H34N2O3. The SMILES string of the molecule is CCCCCCCOc1ccc(C(=O)Nc2ccccc2C(=O)N(CC)c2ccccc2)cc1. The third-order valence-electron chi connectivity index (χ3n) is 5.67. The molecule has 0 fully saturated rings. The Kier molecular flexibility index (Phi) is 9.71. The van der Waals surface area contributed by atoms with E-state index in [1.165, 1.54) is 25.7 Å². The van der Waals surface area contributed by atoms with Crippen LogP contribution in [-0.4, -0.2) is 25.0 Å². The van der Waals surface area contributed by atoms with Crippen LogP contribution in [0.5, 0.6) is 5.75 Å². The number of hydrogen-bond acceptors (Lipinski definition) is 3. The van der Waals surface area contributed by atoms with E-state index in [0.717, 1.165) is 17.9 Å². The van der Waals surface area contributed by atoms with Crippen LogP contribution >= 0.6 is 0 Å². The van der Waals surface area contributed by atoms with E-state index < -0.39 is 0 Å². The van der Waals surface area contributed by atoms with Crippen molar-refractivity contribution in [3.63, 3.8) is 0 Å². The van der Waals surface area contributed by atoms with Crippen LogP contribution in [0.3, 0.4) is 0 Å². The molecule has 0 radical (unpaired) electrons. The predicted molar refractivity (Wildman–Crippen MR) is 139 cm³/mol. The van der Waals surface area contributed by atoms with E-state index in [-0.39, 0.29) is 11.8 Å². The Bertz CT molecular complexity index is 1050. The molecule has 5 nitrogen and oxygen atoms in total. The third-order valence-corrected chi connectivity index (χ3v) is 5.67. The lowest BCUT2D eigenvalue weighted by Crippen LogP contribution is -2.31. The summed E-state index contributed by atoms with van der Waals surface area (Å²) >= 11 is 0. The molecule has 34 heavy (non-hydrogen) atoms. The zero-order valence-corrected chi connectivity index (χ0v) is 20.1. The van der Waals surface area contributed by atoms with Crippen molar-refractivity contribution in [2.45, 2.75) is 46.0 Å². The van der Waals surface area contributed by atoms with Crippen LogP contribution in [0.1, 0.15) is 66.7 Å². The molecule has 0 aromatic heterocycles. The number of anilines is 2. The Hall–Kier alpha value is -3.60. The fraction of sp³-hybridized carbons (Fsp3) is 0.310. The van der Waals surface area contributed by atoms with E-state index in [0.29, 0.717) is 30.0 Å². The van der Waals surface area contributed by atoms with Crippen LogP contribution < -0.4 is 15.0 Å². The Balaban J connectivity index is 1.64. The average molecular weight is 459 g/mol. The lowest BCUT2D eigenvalue weighted by atomic mass is 10.1. The number of para-hydroxylation sites is 2. The maximum Gasteiger partial charge on any atom is 0.260 e. The van der Waals surface area contributed by atoms with Crippen molar-refractivity contribution in [3.8, 4) is 5.75 Å². The van der Waals surface area contributed by atoms with Crippen molar-refractivity contribution in [2.24, 2.45) is 0 Å². The number of rotatable bonds is 12. The van der Waals surface area contributed by atoms with Crippen molar-refractivity contribution in [1.82, 2.24) is 0 Å². The van der Waals surface area contributed by atoms with E-state index in [1.54, 1.807) is 35.2 Å². The highest BCUT2D eigenvalue weighted by atomic mass is 16.5. The molecule has 0 aliphatic carbocycles. The second-order valence-electron chi connectivity index (χ2n) is 8.17. The van der Waals surface area contributed by atoms with E-state index in [9.17, 15) is 9.59 Å². The first kappa shape index (κ1) is 25.0. The molecule has 0 atom stereocenters. The molecule has 0 unspecified atom stereocenters. The molecule has 0 saturated heterocycles. The van der Waals surface area contributed by atoms with Crippen molar-refractivity contribution in [2.75, 3.05) is 23.4 Å². The summed E-state index contributed by atoms with van der Waals surface area (Å²) in [6.07, 6.45) is 5.94. The van der Waals surface area contributed by atoms with Gasteiger partial charge in [-0.2, -0.15) is 0 Å². The van der Waals surface area contributed by atoms with Gasteiger partial charge in [0.1, 0.15) is 5.75 Å². The van der Waals surface area contributed by atoms with E-state index >= 15 is 0 Å². The normalized spacial score (nSPS) is 10.5. The predicted octanol–water partition coefficient (Wildman–Crippen LogP) is 6.95. The maximum atomic E-state index is 13.3.